The molecular weight excluding hydrogens is 402 g/mol. The van der Waals surface area contributed by atoms with Gasteiger partial charge in [-0.2, -0.15) is 4.31 Å². The summed E-state index contributed by atoms with van der Waals surface area (Å²) < 4.78 is 37.6. The van der Waals surface area contributed by atoms with Crippen LogP contribution in [0.5, 0.6) is 5.75 Å². The minimum atomic E-state index is -3.72. The molecule has 0 atom stereocenters. The van der Waals surface area contributed by atoms with Crippen LogP contribution >= 0.6 is 11.6 Å². The summed E-state index contributed by atoms with van der Waals surface area (Å²) in [6, 6.07) is 11.7. The van der Waals surface area contributed by atoms with Crippen LogP contribution in [0.3, 0.4) is 0 Å². The topological polar surface area (TPSA) is 72.9 Å². The number of carbonyl (C=O) groups is 1. The van der Waals surface area contributed by atoms with E-state index in [0.29, 0.717) is 18.8 Å². The van der Waals surface area contributed by atoms with Crippen LogP contribution in [0.1, 0.15) is 28.8 Å². The maximum atomic E-state index is 12.7. The summed E-state index contributed by atoms with van der Waals surface area (Å²) in [5.41, 5.74) is 1.21. The summed E-state index contributed by atoms with van der Waals surface area (Å²) in [5, 5.41) is 0.0891. The average Bonchev–Trinajstić information content (AvgIpc) is 3.21. The minimum absolute atomic E-state index is 0.0452. The van der Waals surface area contributed by atoms with E-state index in [1.165, 1.54) is 22.5 Å². The molecule has 0 radical (unpaired) electrons. The Morgan fingerprint density at radius 1 is 1.11 bits per heavy atom. The second-order valence-corrected chi connectivity index (χ2v) is 8.87. The molecule has 0 N–H and O–H groups in total. The highest BCUT2D eigenvalue weighted by Crippen LogP contribution is 2.28. The van der Waals surface area contributed by atoms with Crippen molar-refractivity contribution >= 4 is 27.6 Å². The largest absolute Gasteiger partial charge is 0.490 e. The van der Waals surface area contributed by atoms with E-state index in [9.17, 15) is 13.2 Å². The number of ether oxygens (including phenoxy) is 2. The second kappa shape index (κ2) is 8.94. The second-order valence-electron chi connectivity index (χ2n) is 6.56. The van der Waals surface area contributed by atoms with E-state index < -0.39 is 16.0 Å². The molecule has 2 aromatic rings. The molecule has 150 valence electrons. The molecular formula is C20H22ClNO5S. The number of halogens is 1. The number of sulfonamides is 1. The van der Waals surface area contributed by atoms with Gasteiger partial charge < -0.3 is 9.47 Å². The standard InChI is InChI=1S/C20H22ClNO5S/c1-15-5-4-6-17(13-15)26-11-12-27-20(23)16-7-8-18(21)19(14-16)28(24,25)22-9-2-3-10-22/h4-8,13-14H,2-3,9-12H2,1H3. The van der Waals surface area contributed by atoms with E-state index >= 15 is 0 Å². The fourth-order valence-corrected chi connectivity index (χ4v) is 5.00. The first kappa shape index (κ1) is 20.6. The van der Waals surface area contributed by atoms with Crippen LogP contribution in [0.25, 0.3) is 0 Å². The number of aryl methyl sites for hydroxylation is 1. The zero-order valence-electron chi connectivity index (χ0n) is 15.6. The fraction of sp³-hybridized carbons (Fsp3) is 0.350. The molecule has 0 aromatic heterocycles. The van der Waals surface area contributed by atoms with Crippen molar-refractivity contribution in [3.63, 3.8) is 0 Å². The van der Waals surface area contributed by atoms with Gasteiger partial charge in [0.05, 0.1) is 10.6 Å². The zero-order chi connectivity index (χ0) is 20.1. The third kappa shape index (κ3) is 4.84. The molecule has 0 spiro atoms. The van der Waals surface area contributed by atoms with Crippen molar-refractivity contribution in [3.05, 3.63) is 58.6 Å². The zero-order valence-corrected chi connectivity index (χ0v) is 17.1. The molecule has 0 aliphatic carbocycles. The van der Waals surface area contributed by atoms with E-state index in [2.05, 4.69) is 0 Å². The fourth-order valence-electron chi connectivity index (χ4n) is 2.98. The summed E-state index contributed by atoms with van der Waals surface area (Å²) in [6.45, 7) is 3.12. The van der Waals surface area contributed by atoms with Crippen LogP contribution in [0.15, 0.2) is 47.4 Å². The van der Waals surface area contributed by atoms with Crippen molar-refractivity contribution in [3.8, 4) is 5.75 Å². The number of rotatable bonds is 7. The first-order valence-electron chi connectivity index (χ1n) is 9.04. The molecule has 1 aliphatic rings. The predicted octanol–water partition coefficient (Wildman–Crippen LogP) is 3.67. The van der Waals surface area contributed by atoms with E-state index in [1.54, 1.807) is 0 Å². The highest BCUT2D eigenvalue weighted by Gasteiger charge is 2.29. The Balaban J connectivity index is 1.62. The molecule has 1 heterocycles. The van der Waals surface area contributed by atoms with E-state index in [0.717, 1.165) is 18.4 Å². The number of hydrogen-bond acceptors (Lipinski definition) is 5. The Morgan fingerprint density at radius 2 is 1.86 bits per heavy atom. The van der Waals surface area contributed by atoms with Gasteiger partial charge in [-0.3, -0.25) is 0 Å². The summed E-state index contributed by atoms with van der Waals surface area (Å²) in [4.78, 5) is 12.2. The maximum Gasteiger partial charge on any atom is 0.338 e. The van der Waals surface area contributed by atoms with Gasteiger partial charge >= 0.3 is 5.97 Å². The van der Waals surface area contributed by atoms with Gasteiger partial charge in [0.15, 0.2) is 0 Å². The smallest absolute Gasteiger partial charge is 0.338 e. The lowest BCUT2D eigenvalue weighted by Gasteiger charge is -2.17. The number of benzene rings is 2. The molecule has 0 saturated carbocycles. The van der Waals surface area contributed by atoms with E-state index in [1.807, 2.05) is 31.2 Å². The Hall–Kier alpha value is -2.09. The van der Waals surface area contributed by atoms with Crippen LogP contribution in [0.4, 0.5) is 0 Å². The van der Waals surface area contributed by atoms with Gasteiger partial charge in [-0.25, -0.2) is 13.2 Å². The molecule has 1 fully saturated rings. The van der Waals surface area contributed by atoms with Crippen molar-refractivity contribution in [2.24, 2.45) is 0 Å². The van der Waals surface area contributed by atoms with Crippen LogP contribution in [0, 0.1) is 6.92 Å². The van der Waals surface area contributed by atoms with Crippen molar-refractivity contribution in [1.29, 1.82) is 0 Å². The lowest BCUT2D eigenvalue weighted by atomic mass is 10.2. The Bertz CT molecular complexity index is 955. The van der Waals surface area contributed by atoms with Crippen molar-refractivity contribution in [1.82, 2.24) is 4.31 Å². The molecule has 1 aliphatic heterocycles. The maximum absolute atomic E-state index is 12.7. The monoisotopic (exact) mass is 423 g/mol. The van der Waals surface area contributed by atoms with E-state index in [-0.39, 0.29) is 28.7 Å². The molecule has 6 nitrogen and oxygen atoms in total. The van der Waals surface area contributed by atoms with Gasteiger partial charge in [0.25, 0.3) is 0 Å². The SMILES string of the molecule is Cc1cccc(OCCOC(=O)c2ccc(Cl)c(S(=O)(=O)N3CCCC3)c2)c1. The van der Waals surface area contributed by atoms with Crippen molar-refractivity contribution in [2.45, 2.75) is 24.7 Å². The molecule has 3 rings (SSSR count). The normalized spacial score (nSPS) is 14.8. The highest BCUT2D eigenvalue weighted by molar-refractivity contribution is 7.89. The molecule has 2 aromatic carbocycles. The Morgan fingerprint density at radius 3 is 2.57 bits per heavy atom. The quantitative estimate of drug-likeness (QED) is 0.502. The number of carbonyl (C=O) groups excluding carboxylic acids is 1. The lowest BCUT2D eigenvalue weighted by molar-refractivity contribution is 0.0450. The van der Waals surface area contributed by atoms with Gasteiger partial charge in [0, 0.05) is 13.1 Å². The first-order chi connectivity index (χ1) is 13.4. The number of esters is 1. The van der Waals surface area contributed by atoms with Gasteiger partial charge in [-0.15, -0.1) is 0 Å². The van der Waals surface area contributed by atoms with Crippen LogP contribution in [0.2, 0.25) is 5.02 Å². The van der Waals surface area contributed by atoms with Crippen LogP contribution < -0.4 is 4.74 Å². The van der Waals surface area contributed by atoms with Gasteiger partial charge in [-0.1, -0.05) is 23.7 Å². The van der Waals surface area contributed by atoms with Crippen LogP contribution in [-0.4, -0.2) is 45.0 Å². The predicted molar refractivity (Wildman–Crippen MR) is 106 cm³/mol. The third-order valence-corrected chi connectivity index (χ3v) is 6.80. The summed E-state index contributed by atoms with van der Waals surface area (Å²) in [5.74, 6) is 0.0731. The molecule has 0 unspecified atom stereocenters. The summed E-state index contributed by atoms with van der Waals surface area (Å²) in [7, 11) is -3.72. The molecule has 8 heteroatoms. The van der Waals surface area contributed by atoms with E-state index in [4.69, 9.17) is 21.1 Å². The molecule has 0 bridgehead atoms. The Kier molecular flexibility index (Phi) is 6.59. The molecule has 1 saturated heterocycles. The summed E-state index contributed by atoms with van der Waals surface area (Å²) >= 11 is 6.09. The highest BCUT2D eigenvalue weighted by atomic mass is 35.5. The average molecular weight is 424 g/mol. The van der Waals surface area contributed by atoms with Crippen LogP contribution in [-0.2, 0) is 14.8 Å². The number of nitrogens with zero attached hydrogens (tertiary/aromatic N) is 1. The minimum Gasteiger partial charge on any atom is -0.490 e. The molecule has 0 amide bonds. The first-order valence-corrected chi connectivity index (χ1v) is 10.9. The third-order valence-electron chi connectivity index (χ3n) is 4.42. The summed E-state index contributed by atoms with van der Waals surface area (Å²) in [6.07, 6.45) is 1.64. The lowest BCUT2D eigenvalue weighted by Crippen LogP contribution is -2.28. The van der Waals surface area contributed by atoms with Crippen molar-refractivity contribution in [2.75, 3.05) is 26.3 Å². The molecule has 28 heavy (non-hydrogen) atoms. The Labute approximate surface area is 170 Å². The van der Waals surface area contributed by atoms with Gasteiger partial charge in [0.2, 0.25) is 10.0 Å². The number of hydrogen-bond donors (Lipinski definition) is 0. The van der Waals surface area contributed by atoms with Gasteiger partial charge in [-0.05, 0) is 55.7 Å². The van der Waals surface area contributed by atoms with Crippen molar-refractivity contribution < 1.29 is 22.7 Å². The van der Waals surface area contributed by atoms with Gasteiger partial charge in [0.1, 0.15) is 23.9 Å².